The van der Waals surface area contributed by atoms with Crippen LogP contribution < -0.4 is 19.9 Å². The Bertz CT molecular complexity index is 1130. The Hall–Kier alpha value is -3.03. The van der Waals surface area contributed by atoms with Gasteiger partial charge >= 0.3 is 12.3 Å². The van der Waals surface area contributed by atoms with E-state index in [1.165, 1.54) is 23.1 Å². The lowest BCUT2D eigenvalue weighted by Gasteiger charge is -2.28. The van der Waals surface area contributed by atoms with Crippen LogP contribution in [-0.4, -0.2) is 69.6 Å². The van der Waals surface area contributed by atoms with Gasteiger partial charge in [-0.3, -0.25) is 14.5 Å². The summed E-state index contributed by atoms with van der Waals surface area (Å²) in [7, 11) is 0. The number of alkyl halides is 3. The molecule has 1 N–H and O–H groups in total. The lowest BCUT2D eigenvalue weighted by Crippen LogP contribution is -2.41. The average molecular weight is 534 g/mol. The third-order valence-corrected chi connectivity index (χ3v) is 6.31. The van der Waals surface area contributed by atoms with Gasteiger partial charge in [-0.25, -0.2) is 4.79 Å². The Kier molecular flexibility index (Phi) is 7.38. The number of hydrogen-bond acceptors (Lipinski definition) is 7. The molecule has 2 aliphatic heterocycles. The van der Waals surface area contributed by atoms with Gasteiger partial charge in [0.15, 0.2) is 6.61 Å². The molecule has 0 spiro atoms. The Labute approximate surface area is 206 Å². The van der Waals surface area contributed by atoms with Crippen molar-refractivity contribution in [3.63, 3.8) is 0 Å². The van der Waals surface area contributed by atoms with Crippen LogP contribution in [0.1, 0.15) is 9.67 Å². The van der Waals surface area contributed by atoms with Crippen molar-refractivity contribution in [3.05, 3.63) is 39.5 Å². The molecule has 3 amide bonds. The number of carbonyl (C=O) groups excluding carboxylic acids is 3. The summed E-state index contributed by atoms with van der Waals surface area (Å²) in [5, 5.41) is 2.64. The van der Waals surface area contributed by atoms with E-state index in [0.717, 1.165) is 16.2 Å². The van der Waals surface area contributed by atoms with E-state index in [0.29, 0.717) is 14.9 Å². The number of ether oxygens (including phenoxy) is 3. The minimum Gasteiger partial charge on any atom is -0.482 e. The van der Waals surface area contributed by atoms with Gasteiger partial charge < -0.3 is 24.4 Å². The van der Waals surface area contributed by atoms with Crippen molar-refractivity contribution >= 4 is 52.2 Å². The normalized spacial score (nSPS) is 18.6. The van der Waals surface area contributed by atoms with E-state index < -0.39 is 30.9 Å². The molecule has 2 saturated heterocycles. The van der Waals surface area contributed by atoms with E-state index in [2.05, 4.69) is 5.32 Å². The second-order valence-corrected chi connectivity index (χ2v) is 9.30. The van der Waals surface area contributed by atoms with Gasteiger partial charge in [0, 0.05) is 18.3 Å². The highest BCUT2D eigenvalue weighted by Gasteiger charge is 2.36. The van der Waals surface area contributed by atoms with Crippen LogP contribution in [0.3, 0.4) is 0 Å². The fraction of sp³-hybridized carbons (Fsp3) is 0.381. The van der Waals surface area contributed by atoms with Crippen LogP contribution in [0.4, 0.5) is 29.3 Å². The predicted molar refractivity (Wildman–Crippen MR) is 120 cm³/mol. The summed E-state index contributed by atoms with van der Waals surface area (Å²) in [6, 6.07) is 7.30. The molecule has 0 aliphatic carbocycles. The van der Waals surface area contributed by atoms with Crippen LogP contribution in [0, 0.1) is 0 Å². The summed E-state index contributed by atoms with van der Waals surface area (Å²) < 4.78 is 54.4. The van der Waals surface area contributed by atoms with Crippen molar-refractivity contribution in [2.45, 2.75) is 12.3 Å². The molecule has 2 aromatic rings. The molecule has 1 atom stereocenters. The van der Waals surface area contributed by atoms with Crippen LogP contribution in [0.15, 0.2) is 30.3 Å². The van der Waals surface area contributed by atoms with E-state index in [1.807, 2.05) is 0 Å². The fourth-order valence-corrected chi connectivity index (χ4v) is 4.47. The number of cyclic esters (lactones) is 1. The maximum absolute atomic E-state index is 12.9. The second-order valence-electron chi connectivity index (χ2n) is 7.58. The fourth-order valence-electron chi connectivity index (χ4n) is 3.51. The van der Waals surface area contributed by atoms with E-state index in [-0.39, 0.29) is 50.2 Å². The first-order valence-electron chi connectivity index (χ1n) is 10.3. The Morgan fingerprint density at radius 1 is 1.23 bits per heavy atom. The Balaban J connectivity index is 1.50. The van der Waals surface area contributed by atoms with Crippen LogP contribution >= 0.6 is 22.9 Å². The molecule has 2 fully saturated rings. The lowest BCUT2D eigenvalue weighted by molar-refractivity contribution is -0.153. The molecule has 35 heavy (non-hydrogen) atoms. The van der Waals surface area contributed by atoms with Crippen molar-refractivity contribution in [2.75, 3.05) is 49.3 Å². The largest absolute Gasteiger partial charge is 0.482 e. The number of rotatable bonds is 7. The number of hydrogen-bond donors (Lipinski definition) is 1. The molecule has 2 aliphatic rings. The molecule has 0 radical (unpaired) electrons. The number of nitrogens with one attached hydrogen (secondary N) is 1. The zero-order chi connectivity index (χ0) is 25.2. The molecule has 1 aromatic carbocycles. The van der Waals surface area contributed by atoms with Gasteiger partial charge in [0.1, 0.15) is 18.5 Å². The smallest absolute Gasteiger partial charge is 0.422 e. The maximum atomic E-state index is 12.9. The zero-order valence-electron chi connectivity index (χ0n) is 18.0. The van der Waals surface area contributed by atoms with E-state index in [1.54, 1.807) is 12.1 Å². The van der Waals surface area contributed by atoms with Crippen molar-refractivity contribution in [1.82, 2.24) is 5.32 Å². The van der Waals surface area contributed by atoms with Gasteiger partial charge in [-0.15, -0.1) is 11.3 Å². The quantitative estimate of drug-likeness (QED) is 0.585. The first kappa shape index (κ1) is 25.1. The molecule has 0 saturated carbocycles. The molecule has 0 bridgehead atoms. The Morgan fingerprint density at radius 2 is 2.03 bits per heavy atom. The summed E-state index contributed by atoms with van der Waals surface area (Å²) in [6.07, 6.45) is -6.18. The van der Waals surface area contributed by atoms with Crippen molar-refractivity contribution in [2.24, 2.45) is 0 Å². The van der Waals surface area contributed by atoms with Crippen LogP contribution in [0.25, 0.3) is 0 Å². The number of anilines is 2. The first-order chi connectivity index (χ1) is 16.6. The summed E-state index contributed by atoms with van der Waals surface area (Å²) >= 11 is 6.92. The lowest BCUT2D eigenvalue weighted by atomic mass is 10.2. The van der Waals surface area contributed by atoms with Gasteiger partial charge in [0.25, 0.3) is 11.8 Å². The number of nitrogens with zero attached hydrogens (tertiary/aromatic N) is 2. The Morgan fingerprint density at radius 3 is 2.71 bits per heavy atom. The number of carbonyl (C=O) groups is 3. The molecule has 0 unspecified atom stereocenters. The summed E-state index contributed by atoms with van der Waals surface area (Å²) in [6.45, 7) is -1.30. The number of thiophene rings is 1. The zero-order valence-corrected chi connectivity index (χ0v) is 19.5. The van der Waals surface area contributed by atoms with Crippen LogP contribution in [0.2, 0.25) is 4.34 Å². The van der Waals surface area contributed by atoms with E-state index in [9.17, 15) is 27.6 Å². The van der Waals surface area contributed by atoms with Crippen LogP contribution in [0.5, 0.6) is 5.75 Å². The third-order valence-electron chi connectivity index (χ3n) is 5.08. The first-order valence-corrected chi connectivity index (χ1v) is 11.5. The monoisotopic (exact) mass is 533 g/mol. The number of halogens is 4. The summed E-state index contributed by atoms with van der Waals surface area (Å²) in [5.74, 6) is -0.992. The summed E-state index contributed by atoms with van der Waals surface area (Å²) in [5.41, 5.74) is 0.354. The molecule has 9 nitrogen and oxygen atoms in total. The van der Waals surface area contributed by atoms with E-state index in [4.69, 9.17) is 25.8 Å². The maximum Gasteiger partial charge on any atom is 0.422 e. The van der Waals surface area contributed by atoms with Gasteiger partial charge in [-0.1, -0.05) is 11.6 Å². The van der Waals surface area contributed by atoms with Gasteiger partial charge in [0.05, 0.1) is 34.6 Å². The SMILES string of the molecule is O=C(NC[C@H]1CN(c2ccc(N3CCOCC3=O)cc2OCC(F)(F)F)C(=O)O1)c1ccc(Cl)s1. The minimum atomic E-state index is -4.62. The highest BCUT2D eigenvalue weighted by atomic mass is 35.5. The van der Waals surface area contributed by atoms with E-state index >= 15 is 0 Å². The number of morpholine rings is 1. The molecule has 1 aromatic heterocycles. The van der Waals surface area contributed by atoms with Crippen molar-refractivity contribution in [1.29, 1.82) is 0 Å². The molecule has 188 valence electrons. The highest BCUT2D eigenvalue weighted by Crippen LogP contribution is 2.36. The molecule has 14 heteroatoms. The second kappa shape index (κ2) is 10.3. The minimum absolute atomic E-state index is 0.0182. The molecule has 3 heterocycles. The average Bonchev–Trinajstić information content (AvgIpc) is 3.41. The third kappa shape index (κ3) is 6.16. The van der Waals surface area contributed by atoms with Gasteiger partial charge in [-0.2, -0.15) is 13.2 Å². The standard InChI is InChI=1S/C21H19ClF3N3O6S/c22-17-4-3-16(35-17)19(30)26-8-13-9-28(20(31)34-13)14-2-1-12(27-5-6-32-10-18(27)29)7-15(14)33-11-21(23,24)25/h1-4,7,13H,5-6,8-11H2,(H,26,30)/t13-/m0/s1. The highest BCUT2D eigenvalue weighted by molar-refractivity contribution is 7.18. The number of benzene rings is 1. The predicted octanol–water partition coefficient (Wildman–Crippen LogP) is 3.46. The molecule has 4 rings (SSSR count). The molecular formula is C21H19ClF3N3O6S. The van der Waals surface area contributed by atoms with Gasteiger partial charge in [-0.05, 0) is 24.3 Å². The van der Waals surface area contributed by atoms with Crippen molar-refractivity contribution in [3.8, 4) is 5.75 Å². The topological polar surface area (TPSA) is 97.4 Å². The summed E-state index contributed by atoms with van der Waals surface area (Å²) in [4.78, 5) is 39.7. The molecular weight excluding hydrogens is 515 g/mol. The number of amides is 3. The van der Waals surface area contributed by atoms with Gasteiger partial charge in [0.2, 0.25) is 0 Å². The van der Waals surface area contributed by atoms with Crippen LogP contribution in [-0.2, 0) is 14.3 Å². The van der Waals surface area contributed by atoms with Crippen molar-refractivity contribution < 1.29 is 41.8 Å².